The normalized spacial score (nSPS) is 31.2. The molecule has 11 atom stereocenters. The molecule has 3 aliphatic heterocycles. The number of thioether (sulfide) groups is 1. The van der Waals surface area contributed by atoms with Gasteiger partial charge in [-0.3, -0.25) is 24.2 Å². The number of hydrogen-bond donors (Lipinski definition) is 2. The predicted molar refractivity (Wildman–Crippen MR) is 246 cm³/mol. The average Bonchev–Trinajstić information content (AvgIpc) is 3.91. The van der Waals surface area contributed by atoms with Crippen LogP contribution in [0.4, 0.5) is 0 Å². The van der Waals surface area contributed by atoms with E-state index in [0.29, 0.717) is 55.7 Å². The summed E-state index contributed by atoms with van der Waals surface area (Å²) in [6.45, 7) is 20.2. The van der Waals surface area contributed by atoms with Gasteiger partial charge >= 0.3 is 5.97 Å². The third kappa shape index (κ3) is 13.1. The minimum Gasteiger partial charge on any atom is -0.497 e. The van der Waals surface area contributed by atoms with E-state index in [1.807, 2.05) is 32.9 Å². The standard InChI is InChI=1S/C48H75N5O8S/c1-14-29(3)41-46(58)53-21-15-16-38(53)47(59)61-40(31(5)26-48(8,9)10)23-28(2)22-39(54)32(6)43-49-35(27-62-43)24-30(4)42(55)50-37(25-34-17-19-36(60-13)20-18-34)45(57)51(11)33(7)44(56)52(41)12/h17-20,24,28-29,31-33,35,37-41,54H,14-16,21-23,25-27H2,1-13H3,(H,50,55)/b30-24+/t28-,29-,31-,32-,33-,35-,37-,38-,39-,40+,41-/m0/s1. The number of carbonyl (C=O) groups excluding carboxylic acids is 5. The van der Waals surface area contributed by atoms with Gasteiger partial charge in [0.1, 0.15) is 36.0 Å². The highest BCUT2D eigenvalue weighted by atomic mass is 32.2. The van der Waals surface area contributed by atoms with E-state index in [0.717, 1.165) is 17.0 Å². The number of amides is 4. The number of methoxy groups -OCH3 is 1. The van der Waals surface area contributed by atoms with Gasteiger partial charge in [0.2, 0.25) is 23.6 Å². The van der Waals surface area contributed by atoms with Crippen molar-refractivity contribution in [2.75, 3.05) is 33.5 Å². The maximum atomic E-state index is 14.7. The summed E-state index contributed by atoms with van der Waals surface area (Å²) in [6.07, 6.45) is 4.29. The number of benzene rings is 1. The van der Waals surface area contributed by atoms with Gasteiger partial charge in [0.25, 0.3) is 0 Å². The van der Waals surface area contributed by atoms with E-state index in [1.54, 1.807) is 62.9 Å². The van der Waals surface area contributed by atoms with Crippen molar-refractivity contribution >= 4 is 46.4 Å². The number of hydrogen-bond acceptors (Lipinski definition) is 10. The molecule has 0 radical (unpaired) electrons. The van der Waals surface area contributed by atoms with Crippen LogP contribution in [0, 0.1) is 29.1 Å². The van der Waals surface area contributed by atoms with Gasteiger partial charge in [-0.05, 0) is 86.8 Å². The lowest BCUT2D eigenvalue weighted by Gasteiger charge is -2.39. The molecule has 1 fully saturated rings. The molecule has 3 aliphatic rings. The Hall–Kier alpha value is -3.91. The average molecular weight is 882 g/mol. The molecule has 0 unspecified atom stereocenters. The molecule has 14 heteroatoms. The fraction of sp³-hybridized carbons (Fsp3) is 0.708. The van der Waals surface area contributed by atoms with Crippen molar-refractivity contribution in [1.82, 2.24) is 20.0 Å². The van der Waals surface area contributed by atoms with Crippen LogP contribution in [0.15, 0.2) is 40.9 Å². The molecule has 0 spiro atoms. The van der Waals surface area contributed by atoms with E-state index < -0.39 is 60.1 Å². The van der Waals surface area contributed by atoms with Crippen LogP contribution in [-0.4, -0.2) is 130 Å². The molecule has 0 aliphatic carbocycles. The van der Waals surface area contributed by atoms with Crippen molar-refractivity contribution in [1.29, 1.82) is 0 Å². The molecular formula is C48H75N5O8S. The first-order valence-electron chi connectivity index (χ1n) is 22.6. The monoisotopic (exact) mass is 882 g/mol. The summed E-state index contributed by atoms with van der Waals surface area (Å²) in [6, 6.07) is 3.19. The lowest BCUT2D eigenvalue weighted by Crippen LogP contribution is -2.59. The molecule has 1 aromatic rings. The third-order valence-electron chi connectivity index (χ3n) is 13.1. The molecule has 1 aromatic carbocycles. The number of ether oxygens (including phenoxy) is 2. The number of cyclic esters (lactones) is 1. The Morgan fingerprint density at radius 3 is 2.24 bits per heavy atom. The SMILES string of the molecule is CC[C@H](C)[C@H]1C(=O)N2CCC[C@H]2C(=O)O[C@@H]([C@@H](C)CC(C)(C)C)C[C@@H](C)C[C@H](O)[C@H](C)C2=N[C@@H](/C=C(\C)C(=O)N[C@@H](Cc3ccc(OC)cc3)C(=O)N(C)[C@@H](C)C(=O)N1C)CS2. The Labute approximate surface area is 375 Å². The lowest BCUT2D eigenvalue weighted by molar-refractivity contribution is -0.164. The van der Waals surface area contributed by atoms with E-state index in [4.69, 9.17) is 14.5 Å². The summed E-state index contributed by atoms with van der Waals surface area (Å²) in [4.78, 5) is 81.0. The predicted octanol–water partition coefficient (Wildman–Crippen LogP) is 6.30. The molecule has 0 aromatic heterocycles. The number of nitrogens with zero attached hydrogens (tertiary/aromatic N) is 4. The maximum Gasteiger partial charge on any atom is 0.329 e. The highest BCUT2D eigenvalue weighted by molar-refractivity contribution is 8.14. The van der Waals surface area contributed by atoms with Crippen LogP contribution in [0.5, 0.6) is 5.75 Å². The molecule has 62 heavy (non-hydrogen) atoms. The highest BCUT2D eigenvalue weighted by Gasteiger charge is 2.44. The second-order valence-corrected chi connectivity index (χ2v) is 20.6. The van der Waals surface area contributed by atoms with Crippen LogP contribution >= 0.6 is 11.8 Å². The van der Waals surface area contributed by atoms with Gasteiger partial charge in [0.15, 0.2) is 0 Å². The van der Waals surface area contributed by atoms with Gasteiger partial charge < -0.3 is 34.6 Å². The van der Waals surface area contributed by atoms with E-state index in [1.165, 1.54) is 16.8 Å². The fourth-order valence-electron chi connectivity index (χ4n) is 9.07. The molecule has 13 nitrogen and oxygen atoms in total. The molecule has 4 amide bonds. The van der Waals surface area contributed by atoms with Crippen molar-refractivity contribution < 1.29 is 38.6 Å². The quantitative estimate of drug-likeness (QED) is 0.300. The zero-order valence-corrected chi connectivity index (χ0v) is 40.4. The second kappa shape index (κ2) is 22.1. The smallest absolute Gasteiger partial charge is 0.329 e. The van der Waals surface area contributed by atoms with Crippen LogP contribution in [-0.2, 0) is 35.1 Å². The Kier molecular flexibility index (Phi) is 18.1. The van der Waals surface area contributed by atoms with E-state index >= 15 is 0 Å². The number of aliphatic hydroxyl groups is 1. The molecule has 1 saturated heterocycles. The fourth-order valence-corrected chi connectivity index (χ4v) is 10.2. The first-order valence-corrected chi connectivity index (χ1v) is 23.6. The van der Waals surface area contributed by atoms with Crippen molar-refractivity contribution in [2.45, 2.75) is 157 Å². The topological polar surface area (TPSA) is 158 Å². The summed E-state index contributed by atoms with van der Waals surface area (Å²) < 4.78 is 11.8. The Bertz CT molecular complexity index is 1800. The van der Waals surface area contributed by atoms with Crippen molar-refractivity contribution in [3.8, 4) is 5.75 Å². The number of aliphatic hydroxyl groups excluding tert-OH is 1. The zero-order chi connectivity index (χ0) is 46.2. The Balaban J connectivity index is 1.75. The number of aliphatic imine (C=N–C) groups is 1. The van der Waals surface area contributed by atoms with Gasteiger partial charge in [0, 0.05) is 44.3 Å². The maximum absolute atomic E-state index is 14.7. The summed E-state index contributed by atoms with van der Waals surface area (Å²) in [7, 11) is 4.69. The van der Waals surface area contributed by atoms with Gasteiger partial charge in [-0.25, -0.2) is 4.79 Å². The van der Waals surface area contributed by atoms with Crippen LogP contribution in [0.1, 0.15) is 113 Å². The largest absolute Gasteiger partial charge is 0.497 e. The number of nitrogens with one attached hydrogen (secondary N) is 1. The number of carbonyl (C=O) groups is 5. The van der Waals surface area contributed by atoms with E-state index in [2.05, 4.69) is 39.9 Å². The first-order chi connectivity index (χ1) is 29.1. The minimum absolute atomic E-state index is 0.000217. The van der Waals surface area contributed by atoms with Crippen molar-refractivity contribution in [3.05, 3.63) is 41.5 Å². The van der Waals surface area contributed by atoms with Crippen LogP contribution in [0.2, 0.25) is 0 Å². The van der Waals surface area contributed by atoms with Crippen LogP contribution in [0.25, 0.3) is 0 Å². The highest BCUT2D eigenvalue weighted by Crippen LogP contribution is 2.34. The van der Waals surface area contributed by atoms with Crippen molar-refractivity contribution in [3.63, 3.8) is 0 Å². The van der Waals surface area contributed by atoms with Gasteiger partial charge in [-0.15, -0.1) is 11.8 Å². The molecular weight excluding hydrogens is 807 g/mol. The molecule has 2 bridgehead atoms. The van der Waals surface area contributed by atoms with E-state index in [-0.39, 0.29) is 47.5 Å². The molecule has 346 valence electrons. The van der Waals surface area contributed by atoms with Crippen LogP contribution in [0.3, 0.4) is 0 Å². The van der Waals surface area contributed by atoms with Crippen LogP contribution < -0.4 is 10.1 Å². The zero-order valence-electron chi connectivity index (χ0n) is 39.6. The lowest BCUT2D eigenvalue weighted by atomic mass is 9.80. The summed E-state index contributed by atoms with van der Waals surface area (Å²) in [5.41, 5.74) is 1.15. The molecule has 2 N–H and O–H groups in total. The molecule has 3 heterocycles. The van der Waals surface area contributed by atoms with Gasteiger partial charge in [-0.2, -0.15) is 0 Å². The second-order valence-electron chi connectivity index (χ2n) is 19.5. The summed E-state index contributed by atoms with van der Waals surface area (Å²) in [5, 5.41) is 15.3. The van der Waals surface area contributed by atoms with Gasteiger partial charge in [-0.1, -0.05) is 80.0 Å². The molecule has 4 rings (SSSR count). The number of rotatable bonds is 7. The third-order valence-corrected chi connectivity index (χ3v) is 14.4. The summed E-state index contributed by atoms with van der Waals surface area (Å²) in [5.74, 6) is -1.37. The van der Waals surface area contributed by atoms with Crippen molar-refractivity contribution in [2.24, 2.45) is 34.1 Å². The van der Waals surface area contributed by atoms with E-state index in [9.17, 15) is 29.1 Å². The summed E-state index contributed by atoms with van der Waals surface area (Å²) >= 11 is 1.57. The number of fused-ring (bicyclic) bond motifs is 2. The number of likely N-dealkylation sites (N-methyl/N-ethyl adjacent to an activating group) is 2. The Morgan fingerprint density at radius 2 is 1.63 bits per heavy atom. The van der Waals surface area contributed by atoms with Gasteiger partial charge in [0.05, 0.1) is 24.3 Å². The minimum atomic E-state index is -1.04. The Morgan fingerprint density at radius 1 is 0.968 bits per heavy atom. The molecule has 0 saturated carbocycles. The first kappa shape index (κ1) is 50.7. The number of esters is 1.